The average Bonchev–Trinajstić information content (AvgIpc) is 2.85. The highest BCUT2D eigenvalue weighted by atomic mass is 35.5. The minimum Gasteiger partial charge on any atom is -0.490 e. The maximum Gasteiger partial charge on any atom is 0.193 e. The highest BCUT2D eigenvalue weighted by molar-refractivity contribution is 6.30. The average molecular weight is 374 g/mol. The van der Waals surface area contributed by atoms with Gasteiger partial charge in [0.05, 0.1) is 19.8 Å². The molecule has 0 aromatic heterocycles. The van der Waals surface area contributed by atoms with Gasteiger partial charge in [-0.2, -0.15) is 0 Å². The molecule has 3 rings (SSSR count). The third kappa shape index (κ3) is 4.61. The number of rotatable bonds is 4. The number of halogens is 1. The molecule has 5 nitrogen and oxygen atoms in total. The molecule has 0 aliphatic carbocycles. The van der Waals surface area contributed by atoms with Crippen LogP contribution in [0.2, 0.25) is 5.02 Å². The van der Waals surface area contributed by atoms with Crippen molar-refractivity contribution in [1.82, 2.24) is 0 Å². The Balaban J connectivity index is 1.66. The van der Waals surface area contributed by atoms with Crippen molar-refractivity contribution in [3.63, 3.8) is 0 Å². The maximum absolute atomic E-state index is 6.07. The fourth-order valence-electron chi connectivity index (χ4n) is 2.70. The van der Waals surface area contributed by atoms with Crippen LogP contribution in [-0.2, 0) is 5.41 Å². The second kappa shape index (κ2) is 7.87. The molecule has 6 heteroatoms. The van der Waals surface area contributed by atoms with Gasteiger partial charge in [0.2, 0.25) is 0 Å². The number of fused-ring (bicyclic) bond motifs is 1. The van der Waals surface area contributed by atoms with Gasteiger partial charge in [0.25, 0.3) is 0 Å². The molecule has 2 aromatic rings. The number of aliphatic imine (C=N–C) groups is 1. The monoisotopic (exact) mass is 373 g/mol. The number of hydrogen-bond acceptors (Lipinski definition) is 3. The van der Waals surface area contributed by atoms with Gasteiger partial charge in [-0.05, 0) is 29.8 Å². The lowest BCUT2D eigenvalue weighted by molar-refractivity contribution is 0.297. The number of nitrogens with zero attached hydrogens (tertiary/aromatic N) is 1. The topological polar surface area (TPSA) is 68.9 Å². The van der Waals surface area contributed by atoms with Gasteiger partial charge in [0.1, 0.15) is 0 Å². The molecule has 0 saturated carbocycles. The molecule has 2 aromatic carbocycles. The molecule has 0 amide bonds. The SMILES string of the molecule is CC(C)(CN=C(N)Nc1ccc2c(c1)OCCCO2)c1ccc(Cl)cc1. The van der Waals surface area contributed by atoms with E-state index >= 15 is 0 Å². The van der Waals surface area contributed by atoms with Gasteiger partial charge in [-0.3, -0.25) is 4.99 Å². The number of anilines is 1. The Morgan fingerprint density at radius 1 is 1.12 bits per heavy atom. The van der Waals surface area contributed by atoms with Crippen molar-refractivity contribution in [1.29, 1.82) is 0 Å². The predicted molar refractivity (Wildman–Crippen MR) is 107 cm³/mol. The number of nitrogens with two attached hydrogens (primary N) is 1. The van der Waals surface area contributed by atoms with Crippen molar-refractivity contribution < 1.29 is 9.47 Å². The van der Waals surface area contributed by atoms with Gasteiger partial charge in [0, 0.05) is 28.6 Å². The zero-order valence-corrected chi connectivity index (χ0v) is 15.8. The van der Waals surface area contributed by atoms with Gasteiger partial charge in [-0.25, -0.2) is 0 Å². The van der Waals surface area contributed by atoms with Crippen LogP contribution in [0.4, 0.5) is 5.69 Å². The first-order chi connectivity index (χ1) is 12.4. The molecule has 0 fully saturated rings. The van der Waals surface area contributed by atoms with Gasteiger partial charge in [-0.1, -0.05) is 37.6 Å². The molecular formula is C20H24ClN3O2. The summed E-state index contributed by atoms with van der Waals surface area (Å²) in [5.74, 6) is 1.84. The fraction of sp³-hybridized carbons (Fsp3) is 0.350. The molecule has 0 bridgehead atoms. The Labute approximate surface area is 159 Å². The Morgan fingerprint density at radius 3 is 2.54 bits per heavy atom. The summed E-state index contributed by atoms with van der Waals surface area (Å²) in [6.45, 7) is 6.12. The first-order valence-corrected chi connectivity index (χ1v) is 9.04. The van der Waals surface area contributed by atoms with Crippen molar-refractivity contribution in [3.05, 3.63) is 53.1 Å². The van der Waals surface area contributed by atoms with E-state index in [2.05, 4.69) is 24.2 Å². The van der Waals surface area contributed by atoms with Crippen molar-refractivity contribution in [3.8, 4) is 11.5 Å². The minimum atomic E-state index is -0.151. The summed E-state index contributed by atoms with van der Waals surface area (Å²) in [5.41, 5.74) is 7.90. The van der Waals surface area contributed by atoms with Crippen molar-refractivity contribution in [2.45, 2.75) is 25.7 Å². The van der Waals surface area contributed by atoms with Crippen molar-refractivity contribution >= 4 is 23.2 Å². The quantitative estimate of drug-likeness (QED) is 0.622. The van der Waals surface area contributed by atoms with Gasteiger partial charge < -0.3 is 20.5 Å². The second-order valence-corrected chi connectivity index (χ2v) is 7.37. The summed E-state index contributed by atoms with van der Waals surface area (Å²) in [7, 11) is 0. The van der Waals surface area contributed by atoms with Crippen LogP contribution in [0.5, 0.6) is 11.5 Å². The Morgan fingerprint density at radius 2 is 1.81 bits per heavy atom. The van der Waals surface area contributed by atoms with Crippen LogP contribution in [0, 0.1) is 0 Å². The summed E-state index contributed by atoms with van der Waals surface area (Å²) >= 11 is 5.96. The van der Waals surface area contributed by atoms with E-state index in [4.69, 9.17) is 26.8 Å². The molecular weight excluding hydrogens is 350 g/mol. The molecule has 0 atom stereocenters. The number of ether oxygens (including phenoxy) is 2. The second-order valence-electron chi connectivity index (χ2n) is 6.93. The lowest BCUT2D eigenvalue weighted by Crippen LogP contribution is -2.27. The summed E-state index contributed by atoms with van der Waals surface area (Å²) in [6, 6.07) is 13.5. The van der Waals surface area contributed by atoms with Gasteiger partial charge >= 0.3 is 0 Å². The zero-order valence-electron chi connectivity index (χ0n) is 15.1. The highest BCUT2D eigenvalue weighted by Crippen LogP contribution is 2.32. The molecule has 3 N–H and O–H groups in total. The van der Waals surface area contributed by atoms with Gasteiger partial charge in [-0.15, -0.1) is 0 Å². The standard InChI is InChI=1S/C20H24ClN3O2/c1-20(2,14-4-6-15(21)7-5-14)13-23-19(22)24-16-8-9-17-18(12-16)26-11-3-10-25-17/h4-9,12H,3,10-11,13H2,1-2H3,(H3,22,23,24). The predicted octanol–water partition coefficient (Wildman–Crippen LogP) is 4.21. The van der Waals surface area contributed by atoms with Crippen LogP contribution in [-0.4, -0.2) is 25.7 Å². The van der Waals surface area contributed by atoms with Crippen molar-refractivity contribution in [2.24, 2.45) is 10.7 Å². The molecule has 0 saturated heterocycles. The number of guanidine groups is 1. The first kappa shape index (κ1) is 18.4. The van der Waals surface area contributed by atoms with Crippen LogP contribution >= 0.6 is 11.6 Å². The van der Waals surface area contributed by atoms with E-state index < -0.39 is 0 Å². The molecule has 1 aliphatic heterocycles. The third-order valence-corrected chi connectivity index (χ3v) is 4.54. The Hall–Kier alpha value is -2.40. The van der Waals surface area contributed by atoms with Gasteiger partial charge in [0.15, 0.2) is 17.5 Å². The molecule has 0 unspecified atom stereocenters. The lowest BCUT2D eigenvalue weighted by atomic mass is 9.85. The van der Waals surface area contributed by atoms with Crippen molar-refractivity contribution in [2.75, 3.05) is 25.1 Å². The van der Waals surface area contributed by atoms with E-state index in [0.717, 1.165) is 34.2 Å². The molecule has 138 valence electrons. The van der Waals surface area contributed by atoms with E-state index in [0.29, 0.717) is 25.7 Å². The summed E-state index contributed by atoms with van der Waals surface area (Å²) < 4.78 is 11.3. The summed E-state index contributed by atoms with van der Waals surface area (Å²) in [6.07, 6.45) is 0.876. The smallest absolute Gasteiger partial charge is 0.193 e. The van der Waals surface area contributed by atoms with E-state index in [-0.39, 0.29) is 5.41 Å². The van der Waals surface area contributed by atoms with Crippen LogP contribution in [0.25, 0.3) is 0 Å². The first-order valence-electron chi connectivity index (χ1n) is 8.67. The van der Waals surface area contributed by atoms with E-state index in [9.17, 15) is 0 Å². The molecule has 0 radical (unpaired) electrons. The van der Waals surface area contributed by atoms with Crippen LogP contribution in [0.15, 0.2) is 47.5 Å². The number of hydrogen-bond donors (Lipinski definition) is 2. The minimum absolute atomic E-state index is 0.151. The van der Waals surface area contributed by atoms with Crippen LogP contribution < -0.4 is 20.5 Å². The zero-order chi connectivity index (χ0) is 18.6. The Bertz CT molecular complexity index is 788. The Kier molecular flexibility index (Phi) is 5.57. The third-order valence-electron chi connectivity index (χ3n) is 4.29. The normalized spacial score (nSPS) is 14.7. The summed E-state index contributed by atoms with van der Waals surface area (Å²) in [5, 5.41) is 3.84. The van der Waals surface area contributed by atoms with E-state index in [1.54, 1.807) is 0 Å². The lowest BCUT2D eigenvalue weighted by Gasteiger charge is -2.23. The highest BCUT2D eigenvalue weighted by Gasteiger charge is 2.20. The number of nitrogens with one attached hydrogen (secondary N) is 1. The molecule has 0 spiro atoms. The number of benzene rings is 2. The molecule has 1 heterocycles. The molecule has 1 aliphatic rings. The van der Waals surface area contributed by atoms with Crippen LogP contribution in [0.3, 0.4) is 0 Å². The maximum atomic E-state index is 6.07. The summed E-state index contributed by atoms with van der Waals surface area (Å²) in [4.78, 5) is 4.50. The fourth-order valence-corrected chi connectivity index (χ4v) is 2.83. The van der Waals surface area contributed by atoms with E-state index in [1.807, 2.05) is 42.5 Å². The van der Waals surface area contributed by atoms with E-state index in [1.165, 1.54) is 0 Å². The van der Waals surface area contributed by atoms with Crippen LogP contribution in [0.1, 0.15) is 25.8 Å². The molecule has 26 heavy (non-hydrogen) atoms. The largest absolute Gasteiger partial charge is 0.490 e.